The van der Waals surface area contributed by atoms with E-state index in [0.717, 1.165) is 5.69 Å². The van der Waals surface area contributed by atoms with Gasteiger partial charge in [0.05, 0.1) is 10.7 Å². The summed E-state index contributed by atoms with van der Waals surface area (Å²) in [6, 6.07) is 10.0. The Balaban J connectivity index is 1.99. The third-order valence-corrected chi connectivity index (χ3v) is 3.17. The molecule has 1 aromatic heterocycles. The molecule has 1 N–H and O–H groups in total. The van der Waals surface area contributed by atoms with Crippen molar-refractivity contribution in [3.05, 3.63) is 64.7 Å². The molecule has 1 atom stereocenters. The Hall–Kier alpha value is -2.07. The lowest BCUT2D eigenvalue weighted by Crippen LogP contribution is -2.72. The Morgan fingerprint density at radius 1 is 1.16 bits per heavy atom. The van der Waals surface area contributed by atoms with E-state index in [-0.39, 0.29) is 6.04 Å². The molecule has 0 bridgehead atoms. The Morgan fingerprint density at radius 3 is 2.79 bits per heavy atom. The highest BCUT2D eigenvalue weighted by molar-refractivity contribution is 6.34. The second-order valence-electron chi connectivity index (χ2n) is 4.10. The van der Waals surface area contributed by atoms with Gasteiger partial charge in [0, 0.05) is 6.20 Å². The summed E-state index contributed by atoms with van der Waals surface area (Å²) in [5.41, 5.74) is 1.12. The van der Waals surface area contributed by atoms with E-state index in [4.69, 9.17) is 11.6 Å². The fourth-order valence-electron chi connectivity index (χ4n) is 1.94. The molecule has 0 fully saturated rings. The molecule has 1 aliphatic rings. The fourth-order valence-corrected chi connectivity index (χ4v) is 2.19. The standard InChI is InChI=1S/C14H9ClFN3/c15-9-4-3-5-10(16)13(9)14-18-8-12(19-14)11-6-1-2-7-17-11/h1-8,12H/p+1. The number of hydrogen-bond donors (Lipinski definition) is 1. The summed E-state index contributed by atoms with van der Waals surface area (Å²) >= 11 is 6.01. The number of amidine groups is 1. The fraction of sp³-hybridized carbons (Fsp3) is 0.0714. The van der Waals surface area contributed by atoms with Crippen molar-refractivity contribution in [2.75, 3.05) is 0 Å². The maximum absolute atomic E-state index is 13.8. The summed E-state index contributed by atoms with van der Waals surface area (Å²) in [6.45, 7) is 0. The average Bonchev–Trinajstić information content (AvgIpc) is 2.89. The number of rotatable bonds is 2. The molecule has 94 valence electrons. The van der Waals surface area contributed by atoms with Crippen molar-refractivity contribution in [2.45, 2.75) is 6.04 Å². The zero-order valence-electron chi connectivity index (χ0n) is 9.85. The Labute approximate surface area is 114 Å². The van der Waals surface area contributed by atoms with Crippen LogP contribution >= 0.6 is 11.6 Å². The van der Waals surface area contributed by atoms with Gasteiger partial charge in [-0.15, -0.1) is 0 Å². The van der Waals surface area contributed by atoms with E-state index < -0.39 is 5.82 Å². The van der Waals surface area contributed by atoms with Crippen LogP contribution in [0.4, 0.5) is 4.39 Å². The molecule has 1 aliphatic heterocycles. The summed E-state index contributed by atoms with van der Waals surface area (Å²) in [6.07, 6.45) is 3.40. The number of hydrogen-bond acceptors (Lipinski definition) is 2. The van der Waals surface area contributed by atoms with Gasteiger partial charge in [0.1, 0.15) is 11.4 Å². The number of nitrogens with zero attached hydrogens (tertiary/aromatic N) is 2. The second kappa shape index (κ2) is 4.90. The first kappa shape index (κ1) is 12.0. The molecule has 5 heteroatoms. The quantitative estimate of drug-likeness (QED) is 0.886. The number of halogens is 2. The minimum absolute atomic E-state index is 0.160. The van der Waals surface area contributed by atoms with E-state index in [1.54, 1.807) is 24.5 Å². The molecule has 0 saturated carbocycles. The molecule has 3 rings (SSSR count). The largest absolute Gasteiger partial charge is 0.328 e. The van der Waals surface area contributed by atoms with Crippen molar-refractivity contribution in [1.29, 1.82) is 0 Å². The molecule has 0 saturated heterocycles. The van der Waals surface area contributed by atoms with Crippen molar-refractivity contribution < 1.29 is 9.38 Å². The van der Waals surface area contributed by atoms with Crippen LogP contribution in [0, 0.1) is 5.82 Å². The third kappa shape index (κ3) is 2.27. The van der Waals surface area contributed by atoms with E-state index in [9.17, 15) is 4.39 Å². The Morgan fingerprint density at radius 2 is 2.05 bits per heavy atom. The molecule has 3 nitrogen and oxygen atoms in total. The zero-order chi connectivity index (χ0) is 13.2. The normalized spacial score (nSPS) is 17.6. The van der Waals surface area contributed by atoms with Gasteiger partial charge in [-0.25, -0.2) is 4.39 Å². The van der Waals surface area contributed by atoms with Crippen LogP contribution in [0.15, 0.2) is 47.6 Å². The Bertz CT molecular complexity index is 647. The lowest BCUT2D eigenvalue weighted by atomic mass is 10.2. The summed E-state index contributed by atoms with van der Waals surface area (Å²) in [5, 5.41) is 0.335. The molecule has 1 unspecified atom stereocenters. The summed E-state index contributed by atoms with van der Waals surface area (Å²) in [5.74, 6) is 0.0348. The van der Waals surface area contributed by atoms with Crippen LogP contribution in [0.1, 0.15) is 17.3 Å². The van der Waals surface area contributed by atoms with Crippen LogP contribution in [0.25, 0.3) is 0 Å². The van der Waals surface area contributed by atoms with Gasteiger partial charge in [-0.3, -0.25) is 9.98 Å². The third-order valence-electron chi connectivity index (χ3n) is 2.85. The maximum Gasteiger partial charge on any atom is 0.328 e. The van der Waals surface area contributed by atoms with Crippen LogP contribution in [0.5, 0.6) is 0 Å². The highest BCUT2D eigenvalue weighted by Crippen LogP contribution is 2.20. The van der Waals surface area contributed by atoms with Crippen molar-refractivity contribution in [3.8, 4) is 0 Å². The highest BCUT2D eigenvalue weighted by atomic mass is 35.5. The van der Waals surface area contributed by atoms with Gasteiger partial charge in [-0.1, -0.05) is 23.7 Å². The second-order valence-corrected chi connectivity index (χ2v) is 4.51. The number of aliphatic imine (C=N–C) groups is 1. The van der Waals surface area contributed by atoms with Crippen LogP contribution in [0.2, 0.25) is 5.02 Å². The van der Waals surface area contributed by atoms with E-state index in [1.165, 1.54) is 6.07 Å². The lowest BCUT2D eigenvalue weighted by Gasteiger charge is -2.00. The molecule has 0 amide bonds. The number of aromatic nitrogens is 1. The molecular weight excluding hydrogens is 265 g/mol. The molecule has 2 heterocycles. The highest BCUT2D eigenvalue weighted by Gasteiger charge is 2.28. The van der Waals surface area contributed by atoms with Gasteiger partial charge in [-0.05, 0) is 29.3 Å². The number of pyridine rings is 1. The van der Waals surface area contributed by atoms with E-state index in [2.05, 4.69) is 15.0 Å². The first-order chi connectivity index (χ1) is 9.25. The number of nitrogens with one attached hydrogen (secondary N) is 1. The van der Waals surface area contributed by atoms with Crippen molar-refractivity contribution in [1.82, 2.24) is 4.98 Å². The predicted octanol–water partition coefficient (Wildman–Crippen LogP) is 1.53. The molecule has 0 spiro atoms. The number of benzene rings is 1. The zero-order valence-corrected chi connectivity index (χ0v) is 10.6. The van der Waals surface area contributed by atoms with E-state index >= 15 is 0 Å². The first-order valence-electron chi connectivity index (χ1n) is 5.78. The minimum Gasteiger partial charge on any atom is -0.256 e. The summed E-state index contributed by atoms with van der Waals surface area (Å²) in [4.78, 5) is 11.6. The molecule has 1 aromatic carbocycles. The van der Waals surface area contributed by atoms with Gasteiger partial charge in [-0.2, -0.15) is 0 Å². The van der Waals surface area contributed by atoms with Crippen LogP contribution < -0.4 is 4.99 Å². The molecule has 2 aromatic rings. The molecule has 0 aliphatic carbocycles. The van der Waals surface area contributed by atoms with E-state index in [0.29, 0.717) is 16.4 Å². The Kier molecular flexibility index (Phi) is 3.09. The molecule has 0 radical (unpaired) electrons. The monoisotopic (exact) mass is 274 g/mol. The van der Waals surface area contributed by atoms with Crippen molar-refractivity contribution >= 4 is 23.7 Å². The van der Waals surface area contributed by atoms with Crippen molar-refractivity contribution in [3.63, 3.8) is 0 Å². The SMILES string of the molecule is Fc1cccc(Cl)c1C1=[NH+]C(c2ccccn2)C=N1. The summed E-state index contributed by atoms with van der Waals surface area (Å²) in [7, 11) is 0. The van der Waals surface area contributed by atoms with Gasteiger partial charge < -0.3 is 0 Å². The smallest absolute Gasteiger partial charge is 0.256 e. The minimum atomic E-state index is -0.395. The van der Waals surface area contributed by atoms with Crippen LogP contribution in [0.3, 0.4) is 0 Å². The van der Waals surface area contributed by atoms with Crippen molar-refractivity contribution in [2.24, 2.45) is 4.99 Å². The first-order valence-corrected chi connectivity index (χ1v) is 6.16. The topological polar surface area (TPSA) is 39.2 Å². The lowest BCUT2D eigenvalue weighted by molar-refractivity contribution is -0.483. The predicted molar refractivity (Wildman–Crippen MR) is 72.0 cm³/mol. The van der Waals surface area contributed by atoms with Crippen LogP contribution in [-0.2, 0) is 0 Å². The average molecular weight is 275 g/mol. The molecular formula is C14H10ClFN3+. The van der Waals surface area contributed by atoms with Gasteiger partial charge in [0.15, 0.2) is 12.3 Å². The van der Waals surface area contributed by atoms with Crippen LogP contribution in [-0.4, -0.2) is 17.0 Å². The maximum atomic E-state index is 13.8. The molecule has 19 heavy (non-hydrogen) atoms. The van der Waals surface area contributed by atoms with Gasteiger partial charge in [0.25, 0.3) is 0 Å². The van der Waals surface area contributed by atoms with E-state index in [1.807, 2.05) is 18.2 Å². The summed E-state index contributed by atoms with van der Waals surface area (Å²) < 4.78 is 13.8. The van der Waals surface area contributed by atoms with Gasteiger partial charge >= 0.3 is 5.84 Å². The van der Waals surface area contributed by atoms with Gasteiger partial charge in [0.2, 0.25) is 0 Å².